The second-order valence-electron chi connectivity index (χ2n) is 6.47. The quantitative estimate of drug-likeness (QED) is 0.308. The molecule has 0 aromatic heterocycles. The van der Waals surface area contributed by atoms with E-state index in [0.717, 1.165) is 26.4 Å². The van der Waals surface area contributed by atoms with Crippen molar-refractivity contribution in [1.82, 2.24) is 0 Å². The van der Waals surface area contributed by atoms with Gasteiger partial charge < -0.3 is 18.9 Å². The van der Waals surface area contributed by atoms with Gasteiger partial charge in [-0.3, -0.25) is 0 Å². The summed E-state index contributed by atoms with van der Waals surface area (Å²) in [6.45, 7) is 19.2. The summed E-state index contributed by atoms with van der Waals surface area (Å²) in [7, 11) is 0.0276. The van der Waals surface area contributed by atoms with E-state index in [4.69, 9.17) is 18.9 Å². The Labute approximate surface area is 146 Å². The fourth-order valence-electron chi connectivity index (χ4n) is 2.72. The van der Waals surface area contributed by atoms with E-state index in [0.29, 0.717) is 26.4 Å². The third-order valence-electron chi connectivity index (χ3n) is 3.27. The van der Waals surface area contributed by atoms with E-state index in [9.17, 15) is 0 Å². The molecule has 0 aliphatic rings. The van der Waals surface area contributed by atoms with Crippen LogP contribution in [0.3, 0.4) is 0 Å². The van der Waals surface area contributed by atoms with Crippen molar-refractivity contribution in [3.8, 4) is 0 Å². The van der Waals surface area contributed by atoms with E-state index in [1.807, 2.05) is 13.8 Å². The lowest BCUT2D eigenvalue weighted by molar-refractivity contribution is -0.0281. The Hall–Kier alpha value is 0.700. The van der Waals surface area contributed by atoms with Crippen molar-refractivity contribution in [2.75, 3.05) is 91.8 Å². The third kappa shape index (κ3) is 13.6. The fourth-order valence-corrected chi connectivity index (χ4v) is 6.17. The first-order valence-corrected chi connectivity index (χ1v) is 13.4. The van der Waals surface area contributed by atoms with Crippen molar-refractivity contribution in [3.63, 3.8) is 0 Å². The van der Waals surface area contributed by atoms with Gasteiger partial charge in [0.25, 0.3) is 0 Å². The molecule has 0 spiro atoms. The Kier molecular flexibility index (Phi) is 15.5. The summed E-state index contributed by atoms with van der Waals surface area (Å²) in [5.41, 5.74) is 0.142. The molecule has 0 aromatic rings. The molecule has 0 aliphatic carbocycles. The van der Waals surface area contributed by atoms with Gasteiger partial charge in [-0.1, -0.05) is 0 Å². The summed E-state index contributed by atoms with van der Waals surface area (Å²) < 4.78 is 22.7. The Morgan fingerprint density at radius 2 is 0.957 bits per heavy atom. The summed E-state index contributed by atoms with van der Waals surface area (Å²) >= 11 is 0. The number of hydrogen-bond acceptors (Lipinski definition) is 4. The van der Waals surface area contributed by atoms with Gasteiger partial charge in [0.05, 0.1) is 39.6 Å². The second kappa shape index (κ2) is 15.0. The summed E-state index contributed by atoms with van der Waals surface area (Å²) in [5, 5.41) is 0. The Morgan fingerprint density at radius 1 is 0.609 bits per heavy atom. The van der Waals surface area contributed by atoms with Crippen molar-refractivity contribution < 1.29 is 18.9 Å². The minimum Gasteiger partial charge on any atom is -0.379 e. The van der Waals surface area contributed by atoms with E-state index in [-0.39, 0.29) is 21.3 Å². The molecule has 0 aromatic carbocycles. The van der Waals surface area contributed by atoms with Crippen LogP contribution in [-0.2, 0) is 18.9 Å². The monoisotopic (exact) mass is 368 g/mol. The van der Waals surface area contributed by atoms with Gasteiger partial charge in [0, 0.05) is 18.6 Å². The lowest BCUT2D eigenvalue weighted by atomic mass is 9.95. The minimum atomic E-state index is 0.0138. The Balaban J connectivity index is 4.53. The summed E-state index contributed by atoms with van der Waals surface area (Å²) in [5.74, 6) is 0. The standard InChI is InChI=1S/C17H38O4P2/c1-7-18-9-11-20-13-17(15-22(3)4,16-23(5)6)14-21-12-10-19-8-2/h7-16H2,1-6H3. The van der Waals surface area contributed by atoms with E-state index in [1.54, 1.807) is 0 Å². The van der Waals surface area contributed by atoms with Crippen LogP contribution in [0.15, 0.2) is 0 Å². The van der Waals surface area contributed by atoms with Crippen LogP contribution in [0.2, 0.25) is 0 Å². The largest absolute Gasteiger partial charge is 0.379 e. The Morgan fingerprint density at radius 3 is 1.26 bits per heavy atom. The van der Waals surface area contributed by atoms with Gasteiger partial charge >= 0.3 is 0 Å². The average molecular weight is 368 g/mol. The molecule has 0 fully saturated rings. The highest BCUT2D eigenvalue weighted by atomic mass is 31.1. The van der Waals surface area contributed by atoms with Crippen molar-refractivity contribution in [1.29, 1.82) is 0 Å². The third-order valence-corrected chi connectivity index (χ3v) is 5.88. The highest BCUT2D eigenvalue weighted by Gasteiger charge is 2.33. The Bertz CT molecular complexity index is 237. The highest BCUT2D eigenvalue weighted by Crippen LogP contribution is 2.42. The zero-order valence-electron chi connectivity index (χ0n) is 16.1. The zero-order chi connectivity index (χ0) is 17.6. The van der Waals surface area contributed by atoms with Gasteiger partial charge in [-0.15, -0.1) is 15.8 Å². The topological polar surface area (TPSA) is 36.9 Å². The van der Waals surface area contributed by atoms with Gasteiger partial charge in [-0.2, -0.15) is 0 Å². The second-order valence-corrected chi connectivity index (χ2v) is 11.4. The molecule has 0 unspecified atom stereocenters. The maximum Gasteiger partial charge on any atom is 0.0700 e. The molecule has 6 heteroatoms. The molecule has 0 heterocycles. The number of rotatable bonds is 16. The maximum absolute atomic E-state index is 5.97. The summed E-state index contributed by atoms with van der Waals surface area (Å²) in [6.07, 6.45) is 2.40. The number of hydrogen-bond donors (Lipinski definition) is 0. The molecule has 0 saturated heterocycles. The normalized spacial score (nSPS) is 12.5. The molecule has 4 nitrogen and oxygen atoms in total. The van der Waals surface area contributed by atoms with Crippen molar-refractivity contribution >= 4 is 15.8 Å². The maximum atomic E-state index is 5.97. The first-order valence-electron chi connectivity index (χ1n) is 8.56. The SMILES string of the molecule is CCOCCOCC(COCCOCC)(CP(C)C)CP(C)C. The van der Waals surface area contributed by atoms with Crippen LogP contribution in [0.1, 0.15) is 13.8 Å². The van der Waals surface area contributed by atoms with Crippen molar-refractivity contribution in [2.24, 2.45) is 5.41 Å². The molecule has 0 N–H and O–H groups in total. The van der Waals surface area contributed by atoms with Gasteiger partial charge in [0.2, 0.25) is 0 Å². The van der Waals surface area contributed by atoms with E-state index in [1.165, 1.54) is 12.3 Å². The minimum absolute atomic E-state index is 0.0138. The molecule has 0 bridgehead atoms. The summed E-state index contributed by atoms with van der Waals surface area (Å²) in [6, 6.07) is 0. The zero-order valence-corrected chi connectivity index (χ0v) is 17.9. The predicted octanol–water partition coefficient (Wildman–Crippen LogP) is 3.56. The molecular weight excluding hydrogens is 330 g/mol. The van der Waals surface area contributed by atoms with Crippen LogP contribution in [-0.4, -0.2) is 91.8 Å². The van der Waals surface area contributed by atoms with Crippen LogP contribution < -0.4 is 0 Å². The van der Waals surface area contributed by atoms with Gasteiger partial charge in [-0.25, -0.2) is 0 Å². The summed E-state index contributed by atoms with van der Waals surface area (Å²) in [4.78, 5) is 0. The lowest BCUT2D eigenvalue weighted by Gasteiger charge is -2.36. The van der Waals surface area contributed by atoms with E-state index < -0.39 is 0 Å². The average Bonchev–Trinajstić information content (AvgIpc) is 2.45. The molecule has 0 rings (SSSR count). The molecule has 0 aliphatic heterocycles. The first kappa shape index (κ1) is 23.7. The van der Waals surface area contributed by atoms with Crippen LogP contribution in [0.4, 0.5) is 0 Å². The van der Waals surface area contributed by atoms with Crippen LogP contribution >= 0.6 is 15.8 Å². The van der Waals surface area contributed by atoms with Gasteiger partial charge in [-0.05, 0) is 52.8 Å². The van der Waals surface area contributed by atoms with Crippen LogP contribution in [0.5, 0.6) is 0 Å². The molecule has 23 heavy (non-hydrogen) atoms. The van der Waals surface area contributed by atoms with Gasteiger partial charge in [0.15, 0.2) is 0 Å². The van der Waals surface area contributed by atoms with Crippen LogP contribution in [0, 0.1) is 5.41 Å². The number of ether oxygens (including phenoxy) is 4. The lowest BCUT2D eigenvalue weighted by Crippen LogP contribution is -2.39. The molecule has 0 saturated carbocycles. The van der Waals surface area contributed by atoms with Crippen molar-refractivity contribution in [2.45, 2.75) is 13.8 Å². The molecule has 0 atom stereocenters. The molecule has 0 amide bonds. The molecular formula is C17H38O4P2. The van der Waals surface area contributed by atoms with E-state index >= 15 is 0 Å². The molecule has 140 valence electrons. The smallest absolute Gasteiger partial charge is 0.0700 e. The van der Waals surface area contributed by atoms with Gasteiger partial charge in [0.1, 0.15) is 0 Å². The fraction of sp³-hybridized carbons (Fsp3) is 1.00. The van der Waals surface area contributed by atoms with E-state index in [2.05, 4.69) is 26.7 Å². The molecule has 0 radical (unpaired) electrons. The first-order chi connectivity index (χ1) is 11.0. The predicted molar refractivity (Wildman–Crippen MR) is 104 cm³/mol. The highest BCUT2D eigenvalue weighted by molar-refractivity contribution is 7.57. The van der Waals surface area contributed by atoms with Crippen molar-refractivity contribution in [3.05, 3.63) is 0 Å². The van der Waals surface area contributed by atoms with Crippen LogP contribution in [0.25, 0.3) is 0 Å².